The Balaban J connectivity index is -0.0000000184. The fraction of sp³-hybridized carbons (Fsp3) is 0.0270. The van der Waals surface area contributed by atoms with E-state index in [9.17, 15) is 5.11 Å². The molecule has 0 fully saturated rings. The van der Waals surface area contributed by atoms with Crippen LogP contribution in [0.2, 0.25) is 0 Å². The largest absolute Gasteiger partial charge is 0.184 e. The SMILES string of the molecule is CO[C](=[Cr])c1ccccc1.[C-]#[O+].[C-]#[O+].[C-]#[O+].[C-]#[O+].[C-]#[O+].[C-]#[O+].[C-]#[O+].[C-]#[O+].[C-]#[O+].[C-]#[O+].[C-]#[O+].[C-]#[O+].[C-]#[O+].[C-]#[O+].[C-]#[O+].[C-]#[O+].[Cr].[Li+].[Li+].[O-][C](=[Cr])c1ccccc1.[c-]1ccccc1. The molecule has 18 nitrogen and oxygen atoms in total. The first-order chi connectivity index (χ1) is 28.1. The normalized spacial score (nSPS) is 4.23. The molecule has 0 aromatic heterocycles. The van der Waals surface area contributed by atoms with E-state index in [-0.39, 0.29) is 59.6 Å². The molecule has 0 spiro atoms. The van der Waals surface area contributed by atoms with Gasteiger partial charge in [-0.05, 0) is 0 Å². The van der Waals surface area contributed by atoms with Gasteiger partial charge >= 0.3 is 348 Å². The third kappa shape index (κ3) is 194. The predicted molar refractivity (Wildman–Crippen MR) is 156 cm³/mol. The number of hydrogen-bond acceptors (Lipinski definition) is 2. The molecule has 3 aromatic carbocycles. The van der Waals surface area contributed by atoms with E-state index in [4.69, 9.17) is 79.2 Å². The van der Waals surface area contributed by atoms with Crippen LogP contribution < -0.4 is 42.8 Å². The summed E-state index contributed by atoms with van der Waals surface area (Å²) in [7, 11) is 1.65. The standard InChI is InChI=1S/C8H8O.C7H5O.C6H5.16CO.3Cr.2Li/c1-9-7-8-5-3-2-4-6-8;8-6-7-4-2-1-3-5-7;1-2-4-6-5-3-1;16*1-2;;;;;/h2-6H,1H3;1-5H;1-5H;;;;;;;;;;;;;;;;;;;;;/q;2*-1;;;;;;;;;;;;;;;;;;;;2*+1. The smallest absolute Gasteiger partial charge is 0.171 e. The van der Waals surface area contributed by atoms with Crippen molar-refractivity contribution in [2.75, 3.05) is 7.11 Å². The molecular weight excluding hydrogens is 902 g/mol. The summed E-state index contributed by atoms with van der Waals surface area (Å²) in [5.41, 5.74) is 1.81. The van der Waals surface area contributed by atoms with Crippen molar-refractivity contribution >= 4 is 9.13 Å². The number of hydrogen-bond donors (Lipinski definition) is 0. The summed E-state index contributed by atoms with van der Waals surface area (Å²) >= 11 is 5.25. The summed E-state index contributed by atoms with van der Waals surface area (Å²) < 4.78 is 126. The molecule has 0 atom stereocenters. The monoisotopic (exact) mass is 920 g/mol. The Morgan fingerprint density at radius 2 is 0.583 bits per heavy atom. The molecule has 294 valence electrons. The van der Waals surface area contributed by atoms with Gasteiger partial charge in [-0.15, -0.1) is 0 Å². The first-order valence-corrected chi connectivity index (χ1v) is 12.0. The van der Waals surface area contributed by atoms with Crippen LogP contribution in [0.1, 0.15) is 11.1 Å². The summed E-state index contributed by atoms with van der Waals surface area (Å²) in [6.45, 7) is 72.0. The molecule has 0 bridgehead atoms. The third-order valence-electron chi connectivity index (χ3n) is 2.81. The molecule has 0 saturated heterocycles. The summed E-state index contributed by atoms with van der Waals surface area (Å²) in [4.78, 5) is 0. The Morgan fingerprint density at radius 3 is 0.700 bits per heavy atom. The van der Waals surface area contributed by atoms with Crippen molar-refractivity contribution in [3.05, 3.63) is 215 Å². The van der Waals surface area contributed by atoms with Crippen LogP contribution in [0.15, 0.2) is 91.0 Å². The summed E-state index contributed by atoms with van der Waals surface area (Å²) in [6.07, 6.45) is 0. The summed E-state index contributed by atoms with van der Waals surface area (Å²) in [5.74, 6) is 0. The van der Waals surface area contributed by atoms with Crippen LogP contribution in [0.25, 0.3) is 0 Å². The van der Waals surface area contributed by atoms with E-state index in [1.165, 1.54) is 0 Å². The maximum atomic E-state index is 10.6. The van der Waals surface area contributed by atoms with Gasteiger partial charge in [0.05, 0.1) is 0 Å². The Labute approximate surface area is 399 Å². The van der Waals surface area contributed by atoms with Crippen LogP contribution >= 0.6 is 0 Å². The molecule has 0 saturated carbocycles. The van der Waals surface area contributed by atoms with Crippen LogP contribution in [0.3, 0.4) is 0 Å². The predicted octanol–water partition coefficient (Wildman–Crippen LogP) is -3.68. The van der Waals surface area contributed by atoms with E-state index in [1.807, 2.05) is 78.9 Å². The van der Waals surface area contributed by atoms with E-state index in [0.717, 1.165) is 15.7 Å². The Bertz CT molecular complexity index is 1260. The molecule has 0 unspecified atom stereocenters. The van der Waals surface area contributed by atoms with Crippen LogP contribution in [0.4, 0.5) is 0 Å². The van der Waals surface area contributed by atoms with Gasteiger partial charge < -0.3 is 0 Å². The molecule has 60 heavy (non-hydrogen) atoms. The Kier molecular flexibility index (Phi) is 530. The van der Waals surface area contributed by atoms with Crippen LogP contribution in [0.5, 0.6) is 0 Å². The zero-order valence-electron chi connectivity index (χ0n) is 30.7. The van der Waals surface area contributed by atoms with Gasteiger partial charge in [-0.2, -0.15) is 36.4 Å². The van der Waals surface area contributed by atoms with Crippen LogP contribution in [-0.4, -0.2) is 16.2 Å². The molecule has 0 aliphatic heterocycles. The Morgan fingerprint density at radius 1 is 0.400 bits per heavy atom. The van der Waals surface area contributed by atoms with Gasteiger partial charge in [0.25, 0.3) is 0 Å². The quantitative estimate of drug-likeness (QED) is 0.146. The van der Waals surface area contributed by atoms with Gasteiger partial charge in [-0.1, -0.05) is 0 Å². The molecule has 0 amide bonds. The number of rotatable bonds is 3. The molecular formula is C37H18Cr3Li2O18. The zero-order chi connectivity index (χ0) is 50.3. The van der Waals surface area contributed by atoms with Gasteiger partial charge in [0.1, 0.15) is 0 Å². The van der Waals surface area contributed by atoms with Gasteiger partial charge in [-0.3, -0.25) is 0 Å². The summed E-state index contributed by atoms with van der Waals surface area (Å²) in [6, 6.07) is 31.5. The molecule has 0 heterocycles. The van der Waals surface area contributed by atoms with Crippen molar-refractivity contribution in [2.24, 2.45) is 0 Å². The number of methoxy groups -OCH3 is 1. The maximum Gasteiger partial charge on any atom is -0.171 e. The second-order valence-corrected chi connectivity index (χ2v) is 5.75. The summed E-state index contributed by atoms with van der Waals surface area (Å²) in [5, 5.41) is 10.6. The first-order valence-electron chi connectivity index (χ1n) is 10.7. The van der Waals surface area contributed by atoms with E-state index < -0.39 is 0 Å². The molecule has 0 aliphatic rings. The van der Waals surface area contributed by atoms with E-state index in [2.05, 4.69) is 144 Å². The molecule has 3 rings (SSSR count). The topological polar surface area (TPSA) is 351 Å². The Hall–Kier alpha value is -4.05. The van der Waals surface area contributed by atoms with Crippen molar-refractivity contribution in [1.82, 2.24) is 0 Å². The second-order valence-electron chi connectivity index (χ2n) is 4.59. The molecule has 3 aromatic rings. The molecule has 0 N–H and O–H groups in total. The molecule has 0 aliphatic carbocycles. The van der Waals surface area contributed by atoms with Gasteiger partial charge in [0, 0.05) is 17.4 Å². The molecule has 0 radical (unpaired) electrons. The van der Waals surface area contributed by atoms with Gasteiger partial charge in [0.2, 0.25) is 0 Å². The van der Waals surface area contributed by atoms with Crippen molar-refractivity contribution in [1.29, 1.82) is 0 Å². The van der Waals surface area contributed by atoms with Crippen LogP contribution in [-0.2, 0) is 128 Å². The van der Waals surface area contributed by atoms with Crippen molar-refractivity contribution < 1.29 is 171 Å². The third-order valence-corrected chi connectivity index (χ3v) is 3.81. The minimum Gasteiger partial charge on any atom is -0.184 e. The van der Waals surface area contributed by atoms with Crippen molar-refractivity contribution in [3.63, 3.8) is 0 Å². The number of ether oxygens (including phenoxy) is 1. The zero-order valence-corrected chi connectivity index (χ0v) is 34.6. The van der Waals surface area contributed by atoms with Crippen molar-refractivity contribution in [3.8, 4) is 0 Å². The van der Waals surface area contributed by atoms with E-state index >= 15 is 0 Å². The minimum absolute atomic E-state index is 0. The second kappa shape index (κ2) is 257. The maximum absolute atomic E-state index is 10.6. The van der Waals surface area contributed by atoms with Crippen LogP contribution in [0, 0.1) is 112 Å². The van der Waals surface area contributed by atoms with E-state index in [0.29, 0.717) is 0 Å². The minimum atomic E-state index is -0.00407. The fourth-order valence-corrected chi connectivity index (χ4v) is 2.03. The molecule has 23 heteroatoms. The average molecular weight is 920 g/mol. The van der Waals surface area contributed by atoms with E-state index in [1.54, 1.807) is 19.2 Å². The van der Waals surface area contributed by atoms with Gasteiger partial charge in [-0.25, -0.2) is 0 Å². The number of benzene rings is 3. The fourth-order valence-electron chi connectivity index (χ4n) is 1.61. The van der Waals surface area contributed by atoms with Crippen molar-refractivity contribution in [2.45, 2.75) is 0 Å². The van der Waals surface area contributed by atoms with Gasteiger partial charge in [0.15, 0.2) is 0 Å². The first kappa shape index (κ1) is 124. The average Bonchev–Trinajstić information content (AvgIpc) is 3.40.